The van der Waals surface area contributed by atoms with Gasteiger partial charge in [-0.1, -0.05) is 50.0 Å². The van der Waals surface area contributed by atoms with Crippen LogP contribution in [-0.4, -0.2) is 5.33 Å². The molecule has 62 valence electrons. The summed E-state index contributed by atoms with van der Waals surface area (Å²) in [5.74, 6) is 2.53. The van der Waals surface area contributed by atoms with Gasteiger partial charge in [0, 0.05) is 5.33 Å². The normalized spacial score (nSPS) is 17.4. The molecule has 0 N–H and O–H groups in total. The molecule has 0 rings (SSSR count). The number of alkyl halides is 1. The lowest BCUT2D eigenvalue weighted by molar-refractivity contribution is 0.295. The predicted octanol–water partition coefficient (Wildman–Crippen LogP) is 3.70. The molecule has 10 heavy (non-hydrogen) atoms. The van der Waals surface area contributed by atoms with Crippen LogP contribution in [0.5, 0.6) is 0 Å². The third kappa shape index (κ3) is 3.05. The molecule has 0 aromatic rings. The van der Waals surface area contributed by atoms with Gasteiger partial charge in [0.15, 0.2) is 0 Å². The third-order valence-electron chi connectivity index (χ3n) is 2.52. The molecular formula is C9H19Br. The standard InChI is InChI=1S/C9H19Br/c1-5-9(6-10)8(4)7(2)3/h7-9H,5-6H2,1-4H3/t8?,9-/m0/s1. The van der Waals surface area contributed by atoms with E-state index in [1.54, 1.807) is 0 Å². The van der Waals surface area contributed by atoms with E-state index in [4.69, 9.17) is 0 Å². The zero-order chi connectivity index (χ0) is 8.15. The predicted molar refractivity (Wildman–Crippen MR) is 51.6 cm³/mol. The first kappa shape index (κ1) is 10.5. The van der Waals surface area contributed by atoms with Crippen LogP contribution in [0.3, 0.4) is 0 Å². The summed E-state index contributed by atoms with van der Waals surface area (Å²) in [6.45, 7) is 9.22. The van der Waals surface area contributed by atoms with E-state index in [0.29, 0.717) is 0 Å². The molecule has 0 aromatic heterocycles. The number of halogens is 1. The van der Waals surface area contributed by atoms with E-state index >= 15 is 0 Å². The Balaban J connectivity index is 3.76. The highest BCUT2D eigenvalue weighted by Gasteiger charge is 2.16. The van der Waals surface area contributed by atoms with Gasteiger partial charge in [0.2, 0.25) is 0 Å². The van der Waals surface area contributed by atoms with Crippen molar-refractivity contribution in [1.82, 2.24) is 0 Å². The van der Waals surface area contributed by atoms with Gasteiger partial charge in [0.1, 0.15) is 0 Å². The van der Waals surface area contributed by atoms with E-state index in [1.165, 1.54) is 6.42 Å². The lowest BCUT2D eigenvalue weighted by Gasteiger charge is -2.23. The van der Waals surface area contributed by atoms with Crippen LogP contribution in [0.4, 0.5) is 0 Å². The Morgan fingerprint density at radius 2 is 1.70 bits per heavy atom. The molecule has 2 atom stereocenters. The van der Waals surface area contributed by atoms with Crippen molar-refractivity contribution in [3.63, 3.8) is 0 Å². The second kappa shape index (κ2) is 5.17. The summed E-state index contributed by atoms with van der Waals surface area (Å²) in [6.07, 6.45) is 1.30. The van der Waals surface area contributed by atoms with Gasteiger partial charge in [0.25, 0.3) is 0 Å². The first-order valence-corrected chi connectivity index (χ1v) is 5.31. The van der Waals surface area contributed by atoms with Crippen molar-refractivity contribution >= 4 is 15.9 Å². The molecule has 1 heteroatoms. The van der Waals surface area contributed by atoms with E-state index in [1.807, 2.05) is 0 Å². The van der Waals surface area contributed by atoms with Crippen LogP contribution in [0.25, 0.3) is 0 Å². The van der Waals surface area contributed by atoms with Crippen molar-refractivity contribution in [2.45, 2.75) is 34.1 Å². The van der Waals surface area contributed by atoms with Gasteiger partial charge in [0.05, 0.1) is 0 Å². The highest BCUT2D eigenvalue weighted by molar-refractivity contribution is 9.09. The number of hydrogen-bond acceptors (Lipinski definition) is 0. The maximum atomic E-state index is 3.54. The fraction of sp³-hybridized carbons (Fsp3) is 1.00. The molecule has 0 aromatic carbocycles. The number of hydrogen-bond donors (Lipinski definition) is 0. The minimum absolute atomic E-state index is 0.822. The molecule has 0 aliphatic heterocycles. The van der Waals surface area contributed by atoms with Crippen molar-refractivity contribution in [1.29, 1.82) is 0 Å². The molecule has 0 heterocycles. The van der Waals surface area contributed by atoms with Gasteiger partial charge in [-0.25, -0.2) is 0 Å². The Morgan fingerprint density at radius 1 is 1.20 bits per heavy atom. The van der Waals surface area contributed by atoms with Gasteiger partial charge in [-0.05, 0) is 17.8 Å². The monoisotopic (exact) mass is 206 g/mol. The highest BCUT2D eigenvalue weighted by atomic mass is 79.9. The molecule has 0 aliphatic carbocycles. The molecule has 0 amide bonds. The van der Waals surface area contributed by atoms with Gasteiger partial charge >= 0.3 is 0 Å². The van der Waals surface area contributed by atoms with Crippen molar-refractivity contribution in [3.05, 3.63) is 0 Å². The lowest BCUT2D eigenvalue weighted by atomic mass is 9.85. The zero-order valence-electron chi connectivity index (χ0n) is 7.52. The van der Waals surface area contributed by atoms with Crippen LogP contribution in [-0.2, 0) is 0 Å². The van der Waals surface area contributed by atoms with E-state index in [9.17, 15) is 0 Å². The first-order valence-electron chi connectivity index (χ1n) is 4.19. The smallest absolute Gasteiger partial charge is 0.00622 e. The van der Waals surface area contributed by atoms with Crippen molar-refractivity contribution < 1.29 is 0 Å². The summed E-state index contributed by atoms with van der Waals surface area (Å²) < 4.78 is 0. The van der Waals surface area contributed by atoms with Crippen molar-refractivity contribution in [2.24, 2.45) is 17.8 Å². The summed E-state index contributed by atoms with van der Waals surface area (Å²) >= 11 is 3.54. The average Bonchev–Trinajstić information content (AvgIpc) is 1.90. The van der Waals surface area contributed by atoms with Gasteiger partial charge < -0.3 is 0 Å². The third-order valence-corrected chi connectivity index (χ3v) is 3.35. The number of rotatable bonds is 4. The van der Waals surface area contributed by atoms with E-state index in [-0.39, 0.29) is 0 Å². The molecule has 0 fully saturated rings. The van der Waals surface area contributed by atoms with Crippen LogP contribution in [0.2, 0.25) is 0 Å². The Labute approximate surface area is 73.5 Å². The zero-order valence-corrected chi connectivity index (χ0v) is 9.11. The fourth-order valence-electron chi connectivity index (χ4n) is 1.17. The van der Waals surface area contributed by atoms with Gasteiger partial charge in [-0.15, -0.1) is 0 Å². The Kier molecular flexibility index (Phi) is 5.42. The van der Waals surface area contributed by atoms with E-state index in [2.05, 4.69) is 43.6 Å². The maximum Gasteiger partial charge on any atom is 0.00622 e. The molecule has 0 saturated carbocycles. The Bertz CT molecular complexity index is 74.8. The quantitative estimate of drug-likeness (QED) is 0.616. The van der Waals surface area contributed by atoms with Gasteiger partial charge in [-0.3, -0.25) is 0 Å². The maximum absolute atomic E-state index is 3.54. The summed E-state index contributed by atoms with van der Waals surface area (Å²) in [4.78, 5) is 0. The minimum atomic E-state index is 0.822. The molecular weight excluding hydrogens is 188 g/mol. The largest absolute Gasteiger partial charge is 0.0925 e. The molecule has 0 radical (unpaired) electrons. The summed E-state index contributed by atoms with van der Waals surface area (Å²) in [5, 5.41) is 1.16. The first-order chi connectivity index (χ1) is 4.63. The SMILES string of the molecule is CC[C@@H](CBr)C(C)C(C)C. The highest BCUT2D eigenvalue weighted by Crippen LogP contribution is 2.24. The van der Waals surface area contributed by atoms with Crippen LogP contribution in [0.15, 0.2) is 0 Å². The average molecular weight is 207 g/mol. The van der Waals surface area contributed by atoms with Crippen LogP contribution in [0.1, 0.15) is 34.1 Å². The van der Waals surface area contributed by atoms with Crippen molar-refractivity contribution in [2.75, 3.05) is 5.33 Å². The van der Waals surface area contributed by atoms with E-state index < -0.39 is 0 Å². The topological polar surface area (TPSA) is 0 Å². The Morgan fingerprint density at radius 3 is 1.80 bits per heavy atom. The van der Waals surface area contributed by atoms with E-state index in [0.717, 1.165) is 23.1 Å². The van der Waals surface area contributed by atoms with Gasteiger partial charge in [-0.2, -0.15) is 0 Å². The summed E-state index contributed by atoms with van der Waals surface area (Å²) in [5.41, 5.74) is 0. The second-order valence-corrected chi connectivity index (χ2v) is 4.07. The van der Waals surface area contributed by atoms with Crippen molar-refractivity contribution in [3.8, 4) is 0 Å². The molecule has 0 aliphatic rings. The van der Waals surface area contributed by atoms with Crippen LogP contribution < -0.4 is 0 Å². The molecule has 1 unspecified atom stereocenters. The summed E-state index contributed by atoms with van der Waals surface area (Å²) in [7, 11) is 0. The molecule has 0 saturated heterocycles. The fourth-order valence-corrected chi connectivity index (χ4v) is 2.21. The van der Waals surface area contributed by atoms with Crippen LogP contribution >= 0.6 is 15.9 Å². The lowest BCUT2D eigenvalue weighted by Crippen LogP contribution is -2.17. The minimum Gasteiger partial charge on any atom is -0.0925 e. The molecule has 0 bridgehead atoms. The Hall–Kier alpha value is 0.480. The van der Waals surface area contributed by atoms with Crippen LogP contribution in [0, 0.1) is 17.8 Å². The molecule has 0 nitrogen and oxygen atoms in total. The second-order valence-electron chi connectivity index (χ2n) is 3.43. The molecule has 0 spiro atoms. The summed E-state index contributed by atoms with van der Waals surface area (Å²) in [6, 6.07) is 0.